The molecule has 2 aromatic heterocycles. The summed E-state index contributed by atoms with van der Waals surface area (Å²) >= 11 is 0. The second-order valence-corrected chi connectivity index (χ2v) is 8.37. The van der Waals surface area contributed by atoms with Crippen LogP contribution in [0.3, 0.4) is 0 Å². The molecule has 1 saturated heterocycles. The average molecular weight is 407 g/mol. The normalized spacial score (nSPS) is 14.9. The monoisotopic (exact) mass is 407 g/mol. The number of pyridine rings is 1. The van der Waals surface area contributed by atoms with E-state index in [-0.39, 0.29) is 12.4 Å². The number of aryl methyl sites for hydroxylation is 2. The lowest BCUT2D eigenvalue weighted by molar-refractivity contribution is 0.122. The van der Waals surface area contributed by atoms with Crippen LogP contribution in [0.25, 0.3) is 11.1 Å². The van der Waals surface area contributed by atoms with E-state index in [1.54, 1.807) is 25.5 Å². The average Bonchev–Trinajstić information content (AvgIpc) is 2.69. The van der Waals surface area contributed by atoms with Crippen molar-refractivity contribution in [1.82, 2.24) is 15.0 Å². The van der Waals surface area contributed by atoms with Crippen LogP contribution in [0.5, 0.6) is 0 Å². The Kier molecular flexibility index (Phi) is 6.42. The van der Waals surface area contributed by atoms with Gasteiger partial charge in [-0.3, -0.25) is 9.71 Å². The van der Waals surface area contributed by atoms with Crippen molar-refractivity contribution in [2.75, 3.05) is 55.4 Å². The number of ether oxygens (including phenoxy) is 2. The zero-order valence-corrected chi connectivity index (χ0v) is 17.1. The van der Waals surface area contributed by atoms with Crippen LogP contribution in [0.1, 0.15) is 11.4 Å². The molecule has 0 radical (unpaired) electrons. The molecule has 0 bridgehead atoms. The highest BCUT2D eigenvalue weighted by molar-refractivity contribution is 7.92. The summed E-state index contributed by atoms with van der Waals surface area (Å²) in [7, 11) is -2.07. The third kappa shape index (κ3) is 4.75. The molecule has 1 aliphatic heterocycles. The predicted octanol–water partition coefficient (Wildman–Crippen LogP) is 1.38. The lowest BCUT2D eigenvalue weighted by Gasteiger charge is -2.29. The molecule has 1 fully saturated rings. The van der Waals surface area contributed by atoms with E-state index in [2.05, 4.69) is 24.6 Å². The molecule has 3 heterocycles. The van der Waals surface area contributed by atoms with Gasteiger partial charge in [0.2, 0.25) is 10.0 Å². The molecule has 0 atom stereocenters. The SMILES string of the molecule is COCCS(=O)(=O)Nc1cc(-c2c(C)ncnc2N2CCOCC2)cnc1C. The van der Waals surface area contributed by atoms with Gasteiger partial charge in [-0.2, -0.15) is 0 Å². The first-order valence-corrected chi connectivity index (χ1v) is 10.7. The summed E-state index contributed by atoms with van der Waals surface area (Å²) < 4.78 is 37.5. The number of nitrogens with one attached hydrogen (secondary N) is 1. The van der Waals surface area contributed by atoms with Gasteiger partial charge >= 0.3 is 0 Å². The molecule has 3 rings (SSSR count). The molecule has 1 N–H and O–H groups in total. The molecular formula is C18H25N5O4S. The Morgan fingerprint density at radius 3 is 2.64 bits per heavy atom. The van der Waals surface area contributed by atoms with Gasteiger partial charge in [0.15, 0.2) is 0 Å². The van der Waals surface area contributed by atoms with Gasteiger partial charge in [0.25, 0.3) is 0 Å². The summed E-state index contributed by atoms with van der Waals surface area (Å²) in [6.07, 6.45) is 3.26. The topological polar surface area (TPSA) is 107 Å². The van der Waals surface area contributed by atoms with E-state index >= 15 is 0 Å². The highest BCUT2D eigenvalue weighted by Gasteiger charge is 2.21. The number of aromatic nitrogens is 3. The van der Waals surface area contributed by atoms with Crippen LogP contribution in [0.4, 0.5) is 11.5 Å². The molecule has 1 aliphatic rings. The van der Waals surface area contributed by atoms with E-state index in [0.29, 0.717) is 24.6 Å². The number of anilines is 2. The van der Waals surface area contributed by atoms with Crippen LogP contribution < -0.4 is 9.62 Å². The van der Waals surface area contributed by atoms with Crippen molar-refractivity contribution in [2.45, 2.75) is 13.8 Å². The first kappa shape index (κ1) is 20.4. The quantitative estimate of drug-likeness (QED) is 0.734. The first-order chi connectivity index (χ1) is 13.4. The zero-order valence-electron chi connectivity index (χ0n) is 16.3. The number of sulfonamides is 1. The summed E-state index contributed by atoms with van der Waals surface area (Å²) in [6.45, 7) is 6.53. The summed E-state index contributed by atoms with van der Waals surface area (Å²) in [5, 5.41) is 0. The molecule has 0 aromatic carbocycles. The minimum atomic E-state index is -3.53. The molecule has 0 saturated carbocycles. The maximum atomic E-state index is 12.3. The molecule has 0 aliphatic carbocycles. The molecule has 10 heteroatoms. The van der Waals surface area contributed by atoms with Gasteiger partial charge in [-0.05, 0) is 19.9 Å². The second-order valence-electron chi connectivity index (χ2n) is 6.53. The third-order valence-corrected chi connectivity index (χ3v) is 5.76. The van der Waals surface area contributed by atoms with Crippen molar-refractivity contribution in [3.8, 4) is 11.1 Å². The van der Waals surface area contributed by atoms with E-state index in [0.717, 1.165) is 35.7 Å². The third-order valence-electron chi connectivity index (χ3n) is 4.52. The number of morpholine rings is 1. The molecule has 9 nitrogen and oxygen atoms in total. The van der Waals surface area contributed by atoms with Crippen LogP contribution in [-0.2, 0) is 19.5 Å². The second kappa shape index (κ2) is 8.80. The standard InChI is InChI=1S/C18H25N5O4S/c1-13-16(22-28(24,25)9-8-26-3)10-15(11-19-13)17-14(2)20-12-21-18(17)23-4-6-27-7-5-23/h10-12,22H,4-9H2,1-3H3. The molecule has 2 aromatic rings. The van der Waals surface area contributed by atoms with Gasteiger partial charge in [-0.15, -0.1) is 0 Å². The Morgan fingerprint density at radius 1 is 1.18 bits per heavy atom. The van der Waals surface area contributed by atoms with Crippen molar-refractivity contribution >= 4 is 21.5 Å². The first-order valence-electron chi connectivity index (χ1n) is 9.02. The Labute approximate surface area is 165 Å². The molecule has 152 valence electrons. The molecular weight excluding hydrogens is 382 g/mol. The minimum absolute atomic E-state index is 0.119. The summed E-state index contributed by atoms with van der Waals surface area (Å²) in [6, 6.07) is 1.78. The van der Waals surface area contributed by atoms with Crippen LogP contribution in [0.15, 0.2) is 18.6 Å². The van der Waals surface area contributed by atoms with Gasteiger partial charge < -0.3 is 14.4 Å². The Bertz CT molecular complexity index is 930. The van der Waals surface area contributed by atoms with Crippen LogP contribution >= 0.6 is 0 Å². The Morgan fingerprint density at radius 2 is 1.93 bits per heavy atom. The number of nitrogens with zero attached hydrogens (tertiary/aromatic N) is 4. The highest BCUT2D eigenvalue weighted by Crippen LogP contribution is 2.33. The molecule has 28 heavy (non-hydrogen) atoms. The summed E-state index contributed by atoms with van der Waals surface area (Å²) in [4.78, 5) is 15.3. The van der Waals surface area contributed by atoms with E-state index in [1.165, 1.54) is 7.11 Å². The fraction of sp³-hybridized carbons (Fsp3) is 0.500. The summed E-state index contributed by atoms with van der Waals surface area (Å²) in [5.41, 5.74) is 3.43. The van der Waals surface area contributed by atoms with E-state index in [1.807, 2.05) is 6.92 Å². The van der Waals surface area contributed by atoms with E-state index in [4.69, 9.17) is 9.47 Å². The van der Waals surface area contributed by atoms with Crippen molar-refractivity contribution in [3.05, 3.63) is 30.0 Å². The molecule has 0 spiro atoms. The van der Waals surface area contributed by atoms with Crippen molar-refractivity contribution in [1.29, 1.82) is 0 Å². The Balaban J connectivity index is 1.99. The fourth-order valence-electron chi connectivity index (χ4n) is 3.00. The number of hydrogen-bond acceptors (Lipinski definition) is 8. The lowest BCUT2D eigenvalue weighted by atomic mass is 10.0. The van der Waals surface area contributed by atoms with Crippen LogP contribution in [0, 0.1) is 13.8 Å². The van der Waals surface area contributed by atoms with Crippen LogP contribution in [0.2, 0.25) is 0 Å². The maximum absolute atomic E-state index is 12.3. The van der Waals surface area contributed by atoms with Crippen molar-refractivity contribution in [3.63, 3.8) is 0 Å². The Hall–Kier alpha value is -2.30. The fourth-order valence-corrected chi connectivity index (χ4v) is 4.03. The van der Waals surface area contributed by atoms with E-state index in [9.17, 15) is 8.42 Å². The zero-order chi connectivity index (χ0) is 20.1. The predicted molar refractivity (Wildman–Crippen MR) is 107 cm³/mol. The molecule has 0 amide bonds. The van der Waals surface area contributed by atoms with Gasteiger partial charge in [-0.1, -0.05) is 0 Å². The lowest BCUT2D eigenvalue weighted by Crippen LogP contribution is -2.37. The van der Waals surface area contributed by atoms with Crippen molar-refractivity contribution < 1.29 is 17.9 Å². The van der Waals surface area contributed by atoms with E-state index < -0.39 is 10.0 Å². The smallest absolute Gasteiger partial charge is 0.235 e. The minimum Gasteiger partial charge on any atom is -0.384 e. The molecule has 0 unspecified atom stereocenters. The number of rotatable bonds is 7. The van der Waals surface area contributed by atoms with Gasteiger partial charge in [0.05, 0.1) is 42.6 Å². The van der Waals surface area contributed by atoms with Gasteiger partial charge in [-0.25, -0.2) is 18.4 Å². The van der Waals surface area contributed by atoms with Crippen molar-refractivity contribution in [2.24, 2.45) is 0 Å². The largest absolute Gasteiger partial charge is 0.384 e. The summed E-state index contributed by atoms with van der Waals surface area (Å²) in [5.74, 6) is 0.675. The van der Waals surface area contributed by atoms with Gasteiger partial charge in [0.1, 0.15) is 12.1 Å². The van der Waals surface area contributed by atoms with Crippen LogP contribution in [-0.4, -0.2) is 69.1 Å². The number of hydrogen-bond donors (Lipinski definition) is 1. The maximum Gasteiger partial charge on any atom is 0.235 e. The number of methoxy groups -OCH3 is 1. The van der Waals surface area contributed by atoms with Gasteiger partial charge in [0, 0.05) is 37.5 Å². The highest BCUT2D eigenvalue weighted by atomic mass is 32.2.